The molecule has 0 saturated heterocycles. The van der Waals surface area contributed by atoms with Gasteiger partial charge in [0.2, 0.25) is 5.91 Å². The van der Waals surface area contributed by atoms with Gasteiger partial charge in [-0.25, -0.2) is 4.79 Å². The molecule has 26 heavy (non-hydrogen) atoms. The zero-order valence-corrected chi connectivity index (χ0v) is 15.5. The van der Waals surface area contributed by atoms with Gasteiger partial charge in [0.1, 0.15) is 0 Å². The van der Waals surface area contributed by atoms with Crippen molar-refractivity contribution in [1.29, 1.82) is 0 Å². The largest absolute Gasteiger partial charge is 0.493 e. The van der Waals surface area contributed by atoms with Crippen LogP contribution in [0.25, 0.3) is 0 Å². The maximum absolute atomic E-state index is 12.6. The third-order valence-electron chi connectivity index (χ3n) is 3.86. The first kappa shape index (κ1) is 19.6. The fourth-order valence-electron chi connectivity index (χ4n) is 2.55. The molecule has 0 aliphatic heterocycles. The summed E-state index contributed by atoms with van der Waals surface area (Å²) >= 11 is 5.97. The second-order valence-corrected chi connectivity index (χ2v) is 6.23. The topological polar surface area (TPSA) is 84.9 Å². The van der Waals surface area contributed by atoms with Crippen LogP contribution in [0.15, 0.2) is 36.4 Å². The monoisotopic (exact) mass is 377 g/mol. The number of hydrogen-bond acceptors (Lipinski definition) is 4. The summed E-state index contributed by atoms with van der Waals surface area (Å²) < 4.78 is 10.4. The highest BCUT2D eigenvalue weighted by Crippen LogP contribution is 2.37. The number of carbonyl (C=O) groups is 2. The Bertz CT molecular complexity index is 822. The van der Waals surface area contributed by atoms with Crippen LogP contribution in [0.5, 0.6) is 11.5 Å². The number of carboxylic acids is 1. The Morgan fingerprint density at radius 1 is 1.19 bits per heavy atom. The van der Waals surface area contributed by atoms with Crippen LogP contribution >= 0.6 is 11.6 Å². The van der Waals surface area contributed by atoms with E-state index in [0.29, 0.717) is 11.4 Å². The van der Waals surface area contributed by atoms with Gasteiger partial charge < -0.3 is 19.9 Å². The summed E-state index contributed by atoms with van der Waals surface area (Å²) in [5.41, 5.74) is 1.16. The van der Waals surface area contributed by atoms with Crippen LogP contribution in [0.2, 0.25) is 5.02 Å². The zero-order valence-electron chi connectivity index (χ0n) is 14.7. The van der Waals surface area contributed by atoms with Crippen molar-refractivity contribution in [2.45, 2.75) is 13.3 Å². The molecule has 0 radical (unpaired) electrons. The van der Waals surface area contributed by atoms with Crippen molar-refractivity contribution >= 4 is 29.2 Å². The molecule has 0 spiro atoms. The second-order valence-electron chi connectivity index (χ2n) is 5.79. The highest BCUT2D eigenvalue weighted by atomic mass is 35.5. The summed E-state index contributed by atoms with van der Waals surface area (Å²) in [5, 5.41) is 12.6. The molecule has 0 aliphatic rings. The van der Waals surface area contributed by atoms with Crippen LogP contribution in [0, 0.1) is 5.92 Å². The predicted molar refractivity (Wildman–Crippen MR) is 99.5 cm³/mol. The molecule has 7 heteroatoms. The number of carboxylic acid groups (broad SMARTS) is 1. The van der Waals surface area contributed by atoms with Gasteiger partial charge in [-0.3, -0.25) is 4.79 Å². The van der Waals surface area contributed by atoms with E-state index >= 15 is 0 Å². The van der Waals surface area contributed by atoms with E-state index in [2.05, 4.69) is 5.32 Å². The molecule has 2 rings (SSSR count). The van der Waals surface area contributed by atoms with Gasteiger partial charge in [0.25, 0.3) is 0 Å². The lowest BCUT2D eigenvalue weighted by Crippen LogP contribution is -2.22. The number of rotatable bonds is 7. The number of amides is 1. The minimum absolute atomic E-state index is 0.0135. The van der Waals surface area contributed by atoms with E-state index in [0.717, 1.165) is 5.56 Å². The van der Waals surface area contributed by atoms with Crippen molar-refractivity contribution < 1.29 is 24.2 Å². The SMILES string of the molecule is COc1cc(C(=O)O)cc(NC(=O)C(C)Cc2cccc(Cl)c2)c1OC. The van der Waals surface area contributed by atoms with E-state index in [4.69, 9.17) is 21.1 Å². The minimum atomic E-state index is -1.13. The third-order valence-corrected chi connectivity index (χ3v) is 4.10. The number of halogens is 1. The molecule has 0 heterocycles. The number of aromatic carboxylic acids is 1. The number of methoxy groups -OCH3 is 2. The summed E-state index contributed by atoms with van der Waals surface area (Å²) in [4.78, 5) is 23.9. The van der Waals surface area contributed by atoms with E-state index in [1.807, 2.05) is 12.1 Å². The zero-order chi connectivity index (χ0) is 19.3. The maximum Gasteiger partial charge on any atom is 0.335 e. The summed E-state index contributed by atoms with van der Waals surface area (Å²) in [5.74, 6) is -1.27. The molecular weight excluding hydrogens is 358 g/mol. The number of benzene rings is 2. The summed E-state index contributed by atoms with van der Waals surface area (Å²) in [6.07, 6.45) is 0.491. The van der Waals surface area contributed by atoms with E-state index in [1.54, 1.807) is 19.1 Å². The number of hydrogen-bond donors (Lipinski definition) is 2. The fraction of sp³-hybridized carbons (Fsp3) is 0.263. The molecule has 0 fully saturated rings. The van der Waals surface area contributed by atoms with E-state index in [1.165, 1.54) is 26.4 Å². The van der Waals surface area contributed by atoms with Crippen molar-refractivity contribution in [2.24, 2.45) is 5.92 Å². The van der Waals surface area contributed by atoms with Crippen LogP contribution in [0.4, 0.5) is 5.69 Å². The van der Waals surface area contributed by atoms with Gasteiger partial charge >= 0.3 is 5.97 Å². The highest BCUT2D eigenvalue weighted by molar-refractivity contribution is 6.30. The van der Waals surface area contributed by atoms with Crippen LogP contribution in [0.3, 0.4) is 0 Å². The van der Waals surface area contributed by atoms with Gasteiger partial charge in [-0.2, -0.15) is 0 Å². The van der Waals surface area contributed by atoms with Crippen molar-refractivity contribution in [2.75, 3.05) is 19.5 Å². The molecule has 0 aliphatic carbocycles. The fourth-order valence-corrected chi connectivity index (χ4v) is 2.76. The van der Waals surface area contributed by atoms with Crippen LogP contribution in [-0.4, -0.2) is 31.2 Å². The molecule has 1 amide bonds. The van der Waals surface area contributed by atoms with Gasteiger partial charge in [0.05, 0.1) is 25.5 Å². The number of ether oxygens (including phenoxy) is 2. The first-order valence-corrected chi connectivity index (χ1v) is 8.28. The molecule has 1 unspecified atom stereocenters. The quantitative estimate of drug-likeness (QED) is 0.765. The average Bonchev–Trinajstić information content (AvgIpc) is 2.60. The predicted octanol–water partition coefficient (Wildman–Crippen LogP) is 3.87. The lowest BCUT2D eigenvalue weighted by atomic mass is 10.00. The van der Waals surface area contributed by atoms with E-state index < -0.39 is 5.97 Å². The molecule has 1 atom stereocenters. The van der Waals surface area contributed by atoms with Gasteiger partial charge in [-0.05, 0) is 36.2 Å². The Morgan fingerprint density at radius 3 is 2.50 bits per heavy atom. The number of anilines is 1. The first-order valence-electron chi connectivity index (χ1n) is 7.90. The summed E-state index contributed by atoms with van der Waals surface area (Å²) in [6.45, 7) is 1.78. The van der Waals surface area contributed by atoms with Crippen molar-refractivity contribution in [3.05, 3.63) is 52.5 Å². The van der Waals surface area contributed by atoms with Crippen molar-refractivity contribution in [3.63, 3.8) is 0 Å². The average molecular weight is 378 g/mol. The summed E-state index contributed by atoms with van der Waals surface area (Å²) in [6, 6.07) is 9.97. The second kappa shape index (κ2) is 8.58. The third kappa shape index (κ3) is 4.67. The van der Waals surface area contributed by atoms with Crippen molar-refractivity contribution in [3.8, 4) is 11.5 Å². The van der Waals surface area contributed by atoms with Crippen molar-refractivity contribution in [1.82, 2.24) is 0 Å². The molecule has 2 aromatic carbocycles. The molecule has 2 aromatic rings. The van der Waals surface area contributed by atoms with E-state index in [-0.39, 0.29) is 34.6 Å². The molecule has 6 nitrogen and oxygen atoms in total. The van der Waals surface area contributed by atoms with Crippen LogP contribution in [0.1, 0.15) is 22.8 Å². The van der Waals surface area contributed by atoms with E-state index in [9.17, 15) is 14.7 Å². The molecular formula is C19H20ClNO5. The molecule has 0 bridgehead atoms. The summed E-state index contributed by atoms with van der Waals surface area (Å²) in [7, 11) is 2.82. The normalized spacial score (nSPS) is 11.5. The lowest BCUT2D eigenvalue weighted by Gasteiger charge is -2.17. The van der Waals surface area contributed by atoms with Crippen LogP contribution in [-0.2, 0) is 11.2 Å². The molecule has 0 aromatic heterocycles. The standard InChI is InChI=1S/C19H20ClNO5/c1-11(7-12-5-4-6-14(20)8-12)18(22)21-15-9-13(19(23)24)10-16(25-2)17(15)26-3/h4-6,8-11H,7H2,1-3H3,(H,21,22)(H,23,24). The van der Waals surface area contributed by atoms with Gasteiger partial charge in [-0.1, -0.05) is 30.7 Å². The lowest BCUT2D eigenvalue weighted by molar-refractivity contribution is -0.119. The Balaban J connectivity index is 2.24. The van der Waals surface area contributed by atoms with Gasteiger partial charge in [0.15, 0.2) is 11.5 Å². The molecule has 0 saturated carbocycles. The molecule has 138 valence electrons. The van der Waals surface area contributed by atoms with Gasteiger partial charge in [0, 0.05) is 10.9 Å². The Labute approximate surface area is 156 Å². The number of carbonyl (C=O) groups excluding carboxylic acids is 1. The number of nitrogens with one attached hydrogen (secondary N) is 1. The Hall–Kier alpha value is -2.73. The smallest absolute Gasteiger partial charge is 0.335 e. The van der Waals surface area contributed by atoms with Gasteiger partial charge in [-0.15, -0.1) is 0 Å². The van der Waals surface area contributed by atoms with Crippen LogP contribution < -0.4 is 14.8 Å². The molecule has 2 N–H and O–H groups in total. The first-order chi connectivity index (χ1) is 12.3. The Kier molecular flexibility index (Phi) is 6.46. The minimum Gasteiger partial charge on any atom is -0.493 e. The highest BCUT2D eigenvalue weighted by Gasteiger charge is 2.20. The maximum atomic E-state index is 12.6. The Morgan fingerprint density at radius 2 is 1.92 bits per heavy atom.